The van der Waals surface area contributed by atoms with Crippen molar-refractivity contribution in [3.05, 3.63) is 60.2 Å². The van der Waals surface area contributed by atoms with E-state index in [2.05, 4.69) is 11.8 Å². The predicted molar refractivity (Wildman–Crippen MR) is 112 cm³/mol. The van der Waals surface area contributed by atoms with Crippen molar-refractivity contribution in [2.24, 2.45) is 5.92 Å². The first-order valence-corrected chi connectivity index (χ1v) is 10.3. The molecule has 0 unspecified atom stereocenters. The van der Waals surface area contributed by atoms with E-state index in [-0.39, 0.29) is 5.78 Å². The van der Waals surface area contributed by atoms with Gasteiger partial charge in [-0.3, -0.25) is 4.79 Å². The predicted octanol–water partition coefficient (Wildman–Crippen LogP) is 5.41. The third-order valence-electron chi connectivity index (χ3n) is 4.52. The van der Waals surface area contributed by atoms with Crippen molar-refractivity contribution in [3.8, 4) is 11.5 Å². The lowest BCUT2D eigenvalue weighted by Gasteiger charge is -2.31. The highest BCUT2D eigenvalue weighted by molar-refractivity contribution is 8.23. The van der Waals surface area contributed by atoms with Crippen LogP contribution < -0.4 is 4.74 Å². The summed E-state index contributed by atoms with van der Waals surface area (Å²) < 4.78 is 6.60. The number of Topliss-reactive ketones (excluding diaryl/α,β-unsaturated/α-hetero) is 1. The number of likely N-dealkylation sites (tertiary alicyclic amines) is 1. The molecule has 3 nitrogen and oxygen atoms in total. The van der Waals surface area contributed by atoms with Crippen LogP contribution in [0, 0.1) is 5.92 Å². The fourth-order valence-electron chi connectivity index (χ4n) is 2.83. The van der Waals surface area contributed by atoms with Crippen molar-refractivity contribution in [1.82, 2.24) is 4.90 Å². The van der Waals surface area contributed by atoms with E-state index in [0.29, 0.717) is 11.3 Å². The summed E-state index contributed by atoms with van der Waals surface area (Å²) in [7, 11) is 0. The van der Waals surface area contributed by atoms with Crippen molar-refractivity contribution in [3.63, 3.8) is 0 Å². The summed E-state index contributed by atoms with van der Waals surface area (Å²) in [5.74, 6) is 2.75. The van der Waals surface area contributed by atoms with Crippen LogP contribution in [-0.2, 0) is 0 Å². The summed E-state index contributed by atoms with van der Waals surface area (Å²) in [5, 5.41) is 0. The lowest BCUT2D eigenvalue weighted by molar-refractivity contribution is 0.102. The minimum Gasteiger partial charge on any atom is -0.457 e. The molecule has 26 heavy (non-hydrogen) atoms. The van der Waals surface area contributed by atoms with Crippen molar-refractivity contribution in [1.29, 1.82) is 0 Å². The maximum absolute atomic E-state index is 12.4. The second kappa shape index (κ2) is 9.19. The highest BCUT2D eigenvalue weighted by atomic mass is 32.2. The van der Waals surface area contributed by atoms with E-state index in [1.807, 2.05) is 54.6 Å². The number of para-hydroxylation sites is 1. The van der Waals surface area contributed by atoms with Crippen molar-refractivity contribution in [2.45, 2.75) is 19.8 Å². The van der Waals surface area contributed by atoms with Gasteiger partial charge in [-0.05, 0) is 55.2 Å². The van der Waals surface area contributed by atoms with Gasteiger partial charge in [0.15, 0.2) is 5.78 Å². The van der Waals surface area contributed by atoms with Gasteiger partial charge in [0.2, 0.25) is 0 Å². The molecule has 0 saturated carbocycles. The van der Waals surface area contributed by atoms with Crippen LogP contribution in [0.3, 0.4) is 0 Å². The number of nitrogens with zero attached hydrogens (tertiary/aromatic N) is 1. The van der Waals surface area contributed by atoms with Crippen LogP contribution >= 0.6 is 24.0 Å². The SMILES string of the molecule is CC1CCN(C(=S)SCC(=O)c2ccc(Oc3ccccc3)cc2)CC1. The molecule has 2 aromatic rings. The monoisotopic (exact) mass is 385 g/mol. The maximum Gasteiger partial charge on any atom is 0.173 e. The number of carbonyl (C=O) groups excluding carboxylic acids is 1. The molecule has 0 atom stereocenters. The Hall–Kier alpha value is -1.85. The molecule has 0 spiro atoms. The van der Waals surface area contributed by atoms with Crippen LogP contribution in [0.25, 0.3) is 0 Å². The Bertz CT molecular complexity index is 738. The Balaban J connectivity index is 1.49. The molecule has 1 aliphatic heterocycles. The van der Waals surface area contributed by atoms with E-state index >= 15 is 0 Å². The van der Waals surface area contributed by atoms with E-state index < -0.39 is 0 Å². The molecule has 1 fully saturated rings. The fraction of sp³-hybridized carbons (Fsp3) is 0.333. The van der Waals surface area contributed by atoms with Gasteiger partial charge in [0.1, 0.15) is 15.8 Å². The summed E-state index contributed by atoms with van der Waals surface area (Å²) in [6, 6.07) is 16.9. The van der Waals surface area contributed by atoms with E-state index in [4.69, 9.17) is 17.0 Å². The standard InChI is InChI=1S/C21H23NO2S2/c1-16-11-13-22(14-12-16)21(25)26-15-20(23)17-7-9-19(10-8-17)24-18-5-3-2-4-6-18/h2-10,16H,11-15H2,1H3. The maximum atomic E-state index is 12.4. The van der Waals surface area contributed by atoms with Gasteiger partial charge in [-0.25, -0.2) is 0 Å². The zero-order valence-electron chi connectivity index (χ0n) is 14.9. The average molecular weight is 386 g/mol. The smallest absolute Gasteiger partial charge is 0.173 e. The molecule has 0 N–H and O–H groups in total. The molecular formula is C21H23NO2S2. The largest absolute Gasteiger partial charge is 0.457 e. The number of ketones is 1. The molecule has 0 amide bonds. The van der Waals surface area contributed by atoms with Gasteiger partial charge < -0.3 is 9.64 Å². The van der Waals surface area contributed by atoms with Gasteiger partial charge in [-0.1, -0.05) is 49.1 Å². The lowest BCUT2D eigenvalue weighted by atomic mass is 10.00. The van der Waals surface area contributed by atoms with Crippen LogP contribution in [0.2, 0.25) is 0 Å². The minimum atomic E-state index is 0.0917. The van der Waals surface area contributed by atoms with Gasteiger partial charge in [0.05, 0.1) is 5.75 Å². The minimum absolute atomic E-state index is 0.0917. The zero-order valence-corrected chi connectivity index (χ0v) is 16.5. The van der Waals surface area contributed by atoms with Crippen LogP contribution in [0.15, 0.2) is 54.6 Å². The molecule has 3 rings (SSSR count). The second-order valence-corrected chi connectivity index (χ2v) is 8.20. The first-order chi connectivity index (χ1) is 12.6. The van der Waals surface area contributed by atoms with Gasteiger partial charge in [0.25, 0.3) is 0 Å². The van der Waals surface area contributed by atoms with Gasteiger partial charge in [0, 0.05) is 18.7 Å². The normalized spacial score (nSPS) is 14.9. The molecule has 1 aliphatic rings. The Morgan fingerprint density at radius 1 is 1.08 bits per heavy atom. The molecule has 0 aromatic heterocycles. The summed E-state index contributed by atoms with van der Waals surface area (Å²) in [6.07, 6.45) is 2.36. The van der Waals surface area contributed by atoms with Crippen LogP contribution in [0.5, 0.6) is 11.5 Å². The number of hydrogen-bond acceptors (Lipinski definition) is 4. The highest BCUT2D eigenvalue weighted by Gasteiger charge is 2.19. The Kier molecular flexibility index (Phi) is 6.69. The molecule has 0 bridgehead atoms. The second-order valence-electron chi connectivity index (χ2n) is 6.59. The number of ether oxygens (including phenoxy) is 1. The Labute approximate surface area is 164 Å². The number of carbonyl (C=O) groups is 1. The molecular weight excluding hydrogens is 362 g/mol. The topological polar surface area (TPSA) is 29.5 Å². The van der Waals surface area contributed by atoms with Gasteiger partial charge >= 0.3 is 0 Å². The van der Waals surface area contributed by atoms with Gasteiger partial charge in [-0.15, -0.1) is 0 Å². The number of benzene rings is 2. The number of thioether (sulfide) groups is 1. The number of hydrogen-bond donors (Lipinski definition) is 0. The first-order valence-electron chi connectivity index (χ1n) is 8.89. The Morgan fingerprint density at radius 2 is 1.69 bits per heavy atom. The summed E-state index contributed by atoms with van der Waals surface area (Å²) in [5.41, 5.74) is 0.688. The first kappa shape index (κ1) is 18.9. The third kappa shape index (κ3) is 5.32. The zero-order chi connectivity index (χ0) is 18.4. The summed E-state index contributed by atoms with van der Waals surface area (Å²) in [6.45, 7) is 4.29. The van der Waals surface area contributed by atoms with Crippen molar-refractivity contribution >= 4 is 34.1 Å². The van der Waals surface area contributed by atoms with E-state index in [1.54, 1.807) is 0 Å². The highest BCUT2D eigenvalue weighted by Crippen LogP contribution is 2.23. The molecule has 0 radical (unpaired) electrons. The number of piperidine rings is 1. The molecule has 2 aromatic carbocycles. The lowest BCUT2D eigenvalue weighted by Crippen LogP contribution is -2.35. The van der Waals surface area contributed by atoms with Crippen molar-refractivity contribution < 1.29 is 9.53 Å². The molecule has 0 aliphatic carbocycles. The quantitative estimate of drug-likeness (QED) is 0.507. The number of thiocarbonyl (C=S) groups is 1. The van der Waals surface area contributed by atoms with E-state index in [0.717, 1.165) is 34.8 Å². The Morgan fingerprint density at radius 3 is 2.35 bits per heavy atom. The number of rotatable bonds is 5. The molecule has 1 saturated heterocycles. The van der Waals surface area contributed by atoms with E-state index in [9.17, 15) is 4.79 Å². The van der Waals surface area contributed by atoms with Crippen LogP contribution in [-0.4, -0.2) is 33.8 Å². The summed E-state index contributed by atoms with van der Waals surface area (Å²) in [4.78, 5) is 14.6. The van der Waals surface area contributed by atoms with Crippen molar-refractivity contribution in [2.75, 3.05) is 18.8 Å². The molecule has 136 valence electrons. The van der Waals surface area contributed by atoms with Crippen LogP contribution in [0.4, 0.5) is 0 Å². The van der Waals surface area contributed by atoms with Crippen LogP contribution in [0.1, 0.15) is 30.1 Å². The van der Waals surface area contributed by atoms with E-state index in [1.165, 1.54) is 24.6 Å². The fourth-order valence-corrected chi connectivity index (χ4v) is 3.97. The molecule has 1 heterocycles. The van der Waals surface area contributed by atoms with Gasteiger partial charge in [-0.2, -0.15) is 0 Å². The molecule has 5 heteroatoms. The third-order valence-corrected chi connectivity index (χ3v) is 6.05. The summed E-state index contributed by atoms with van der Waals surface area (Å²) >= 11 is 6.96. The average Bonchev–Trinajstić information content (AvgIpc) is 2.68.